The molecule has 0 aromatic heterocycles. The van der Waals surface area contributed by atoms with Crippen LogP contribution >= 0.6 is 0 Å². The quantitative estimate of drug-likeness (QED) is 0.401. The van der Waals surface area contributed by atoms with Gasteiger partial charge in [-0.2, -0.15) is 0 Å². The van der Waals surface area contributed by atoms with E-state index >= 15 is 0 Å². The van der Waals surface area contributed by atoms with Crippen molar-refractivity contribution in [2.45, 2.75) is 57.3 Å². The second kappa shape index (κ2) is 7.66. The number of fused-ring (bicyclic) bond motifs is 2. The van der Waals surface area contributed by atoms with Crippen molar-refractivity contribution in [3.8, 4) is 11.1 Å². The van der Waals surface area contributed by atoms with E-state index in [2.05, 4.69) is 93.6 Å². The van der Waals surface area contributed by atoms with Crippen molar-refractivity contribution >= 4 is 6.08 Å². The summed E-state index contributed by atoms with van der Waals surface area (Å²) in [5, 5.41) is 0. The van der Waals surface area contributed by atoms with Gasteiger partial charge in [0, 0.05) is 0 Å². The van der Waals surface area contributed by atoms with E-state index in [1.807, 2.05) is 3.28 Å². The zero-order chi connectivity index (χ0) is 20.0. The first-order valence-corrected chi connectivity index (χ1v) is 16.8. The fraction of sp³-hybridized carbons (Fsp3) is 0.357. The third kappa shape index (κ3) is 2.96. The molecule has 3 unspecified atom stereocenters. The van der Waals surface area contributed by atoms with E-state index in [0.717, 1.165) is 10.9 Å². The molecular weight excluding hydrogens is 428 g/mol. The second-order valence-electron chi connectivity index (χ2n) is 9.30. The zero-order valence-corrected chi connectivity index (χ0v) is 20.4. The van der Waals surface area contributed by atoms with Gasteiger partial charge in [0.2, 0.25) is 0 Å². The Bertz CT molecular complexity index is 996. The molecule has 5 rings (SSSR count). The zero-order valence-electron chi connectivity index (χ0n) is 18.0. The Kier molecular flexibility index (Phi) is 5.15. The van der Waals surface area contributed by atoms with Gasteiger partial charge in [-0.05, 0) is 0 Å². The molecule has 2 aliphatic carbocycles. The summed E-state index contributed by atoms with van der Waals surface area (Å²) in [4.78, 5) is 0. The molecule has 1 heteroatoms. The van der Waals surface area contributed by atoms with E-state index in [4.69, 9.17) is 0 Å². The van der Waals surface area contributed by atoms with E-state index in [0.29, 0.717) is 0 Å². The van der Waals surface area contributed by atoms with E-state index < -0.39 is 20.3 Å². The Balaban J connectivity index is 1.65. The van der Waals surface area contributed by atoms with Gasteiger partial charge < -0.3 is 0 Å². The second-order valence-corrected chi connectivity index (χ2v) is 20.9. The Labute approximate surface area is 180 Å². The van der Waals surface area contributed by atoms with Crippen molar-refractivity contribution in [3.05, 3.63) is 86.7 Å². The molecule has 0 nitrogen and oxygen atoms in total. The van der Waals surface area contributed by atoms with E-state index in [9.17, 15) is 0 Å². The Hall–Kier alpha value is -1.46. The molecule has 2 fully saturated rings. The van der Waals surface area contributed by atoms with Gasteiger partial charge in [0.25, 0.3) is 0 Å². The SMILES string of the molecule is CC=CC=[C](C)[Zr]1([CH]2C(C)=Cc3c(-c4ccccc4)cccc32)[CH]2CCCC[CH]21. The van der Waals surface area contributed by atoms with E-state index in [1.165, 1.54) is 42.4 Å². The summed E-state index contributed by atoms with van der Waals surface area (Å²) in [5.74, 6) is 0. The summed E-state index contributed by atoms with van der Waals surface area (Å²) in [6, 6.07) is 18.1. The maximum atomic E-state index is 2.55. The van der Waals surface area contributed by atoms with Crippen LogP contribution in [0, 0.1) is 0 Å². The molecular formula is C28H32Zr. The molecule has 0 amide bonds. The van der Waals surface area contributed by atoms with Crippen LogP contribution in [0.25, 0.3) is 17.2 Å². The van der Waals surface area contributed by atoms with E-state index in [-0.39, 0.29) is 0 Å². The molecule has 148 valence electrons. The topological polar surface area (TPSA) is 0 Å². The minimum absolute atomic E-state index is 0.748. The first kappa shape index (κ1) is 19.5. The third-order valence-corrected chi connectivity index (χ3v) is 24.4. The summed E-state index contributed by atoms with van der Waals surface area (Å²) in [6.07, 6.45) is 15.5. The molecule has 3 aliphatic rings. The van der Waals surface area contributed by atoms with Crippen LogP contribution < -0.4 is 0 Å². The van der Waals surface area contributed by atoms with Gasteiger partial charge in [-0.3, -0.25) is 0 Å². The Morgan fingerprint density at radius 1 is 0.966 bits per heavy atom. The van der Waals surface area contributed by atoms with Crippen molar-refractivity contribution < 1.29 is 20.3 Å². The van der Waals surface area contributed by atoms with Gasteiger partial charge in [0.1, 0.15) is 0 Å². The van der Waals surface area contributed by atoms with Crippen molar-refractivity contribution in [1.82, 2.24) is 0 Å². The number of rotatable bonds is 4. The Morgan fingerprint density at radius 3 is 2.38 bits per heavy atom. The van der Waals surface area contributed by atoms with Gasteiger partial charge in [-0.1, -0.05) is 0 Å². The normalized spacial score (nSPS) is 30.8. The summed E-state index contributed by atoms with van der Waals surface area (Å²) < 4.78 is 4.70. The van der Waals surface area contributed by atoms with Crippen LogP contribution in [0.5, 0.6) is 0 Å². The molecule has 0 radical (unpaired) electrons. The van der Waals surface area contributed by atoms with Gasteiger partial charge in [0.15, 0.2) is 0 Å². The van der Waals surface area contributed by atoms with Crippen LogP contribution in [-0.4, -0.2) is 0 Å². The molecule has 3 atom stereocenters. The molecule has 29 heavy (non-hydrogen) atoms. The molecule has 2 aromatic carbocycles. The van der Waals surface area contributed by atoms with Crippen LogP contribution in [0.2, 0.25) is 7.25 Å². The molecule has 2 aromatic rings. The summed E-state index contributed by atoms with van der Waals surface area (Å²) in [5.41, 5.74) is 7.60. The first-order chi connectivity index (χ1) is 14.2. The van der Waals surface area contributed by atoms with Crippen molar-refractivity contribution in [3.63, 3.8) is 0 Å². The monoisotopic (exact) mass is 458 g/mol. The van der Waals surface area contributed by atoms with Gasteiger partial charge in [-0.15, -0.1) is 0 Å². The maximum absolute atomic E-state index is 2.55. The van der Waals surface area contributed by atoms with Crippen LogP contribution in [0.1, 0.15) is 61.2 Å². The Morgan fingerprint density at radius 2 is 1.69 bits per heavy atom. The fourth-order valence-corrected chi connectivity index (χ4v) is 27.4. The number of allylic oxidation sites excluding steroid dienone is 5. The molecule has 1 saturated carbocycles. The number of hydrogen-bond acceptors (Lipinski definition) is 0. The first-order valence-electron chi connectivity index (χ1n) is 11.4. The molecule has 1 heterocycles. The predicted octanol–water partition coefficient (Wildman–Crippen LogP) is 8.61. The predicted molar refractivity (Wildman–Crippen MR) is 123 cm³/mol. The van der Waals surface area contributed by atoms with Crippen molar-refractivity contribution in [1.29, 1.82) is 0 Å². The van der Waals surface area contributed by atoms with Gasteiger partial charge in [0.05, 0.1) is 0 Å². The molecule has 0 spiro atoms. The van der Waals surface area contributed by atoms with Crippen LogP contribution in [0.15, 0.2) is 75.6 Å². The standard InChI is InChI=1S/C16H13.C6H10.C6H9.Zr/c1-12-10-14-8-5-9-15(16(14)11-12)13-6-3-2-4-7-13;1-2-4-6-5-3-1;1-3-5-6-4-2;/h2-11H,1H3;1-2H,3-6H2;3,5-6H,1-2H3;. The van der Waals surface area contributed by atoms with Crippen LogP contribution in [-0.2, 0) is 20.3 Å². The summed E-state index contributed by atoms with van der Waals surface area (Å²) in [7, 11) is 0. The molecule has 0 N–H and O–H groups in total. The van der Waals surface area contributed by atoms with Crippen molar-refractivity contribution in [2.24, 2.45) is 0 Å². The molecule has 1 aliphatic heterocycles. The molecule has 0 bridgehead atoms. The van der Waals surface area contributed by atoms with Gasteiger partial charge in [-0.25, -0.2) is 0 Å². The van der Waals surface area contributed by atoms with E-state index in [1.54, 1.807) is 11.1 Å². The van der Waals surface area contributed by atoms with Gasteiger partial charge >= 0.3 is 182 Å². The van der Waals surface area contributed by atoms with Crippen molar-refractivity contribution in [2.75, 3.05) is 0 Å². The molecule has 1 saturated heterocycles. The summed E-state index contributed by atoms with van der Waals surface area (Å²) >= 11 is -2.52. The van der Waals surface area contributed by atoms with Crippen LogP contribution in [0.4, 0.5) is 0 Å². The fourth-order valence-electron chi connectivity index (χ4n) is 6.85. The third-order valence-electron chi connectivity index (χ3n) is 7.95. The van der Waals surface area contributed by atoms with Crippen LogP contribution in [0.3, 0.4) is 0 Å². The summed E-state index contributed by atoms with van der Waals surface area (Å²) in [6.45, 7) is 7.08. The average molecular weight is 460 g/mol. The average Bonchev–Trinajstić information content (AvgIpc) is 3.31. The number of benzene rings is 2. The number of hydrogen-bond donors (Lipinski definition) is 0. The minimum atomic E-state index is -2.52.